The monoisotopic (exact) mass is 252 g/mol. The van der Waals surface area contributed by atoms with Crippen LogP contribution in [0, 0.1) is 15.5 Å². The maximum Gasteiger partial charge on any atom is 0.333 e. The summed E-state index contributed by atoms with van der Waals surface area (Å²) in [5, 5.41) is 14.3. The van der Waals surface area contributed by atoms with E-state index >= 15 is 0 Å². The maximum absolute atomic E-state index is 11.1. The van der Waals surface area contributed by atoms with Crippen molar-refractivity contribution in [2.75, 3.05) is 12.4 Å². The van der Waals surface area contributed by atoms with Gasteiger partial charge in [0.05, 0.1) is 12.0 Å². The van der Waals surface area contributed by atoms with E-state index in [1.165, 1.54) is 7.11 Å². The lowest BCUT2D eigenvalue weighted by molar-refractivity contribution is -0.384. The van der Waals surface area contributed by atoms with Gasteiger partial charge in [-0.2, -0.15) is 0 Å². The first-order valence-corrected chi connectivity index (χ1v) is 5.85. The van der Waals surface area contributed by atoms with Crippen molar-refractivity contribution in [2.24, 2.45) is 5.41 Å². The molecule has 1 atom stereocenters. The topological polar surface area (TPSA) is 64.4 Å². The van der Waals surface area contributed by atoms with Crippen LogP contribution in [0.1, 0.15) is 27.7 Å². The maximum atomic E-state index is 11.1. The molecule has 0 saturated carbocycles. The molecule has 1 unspecified atom stereocenters. The summed E-state index contributed by atoms with van der Waals surface area (Å²) < 4.78 is 5.03. The van der Waals surface area contributed by atoms with E-state index < -0.39 is 4.92 Å². The number of methoxy groups -OCH3 is 1. The number of benzene rings is 1. The standard InChI is InChI=1S/C13H20N2O3/c1-9(13(2,3)4)14-10-7-6-8-11(18-5)12(10)15(16)17/h6-9,14H,1-5H3. The van der Waals surface area contributed by atoms with E-state index in [0.717, 1.165) is 0 Å². The molecule has 1 aromatic rings. The first kappa shape index (κ1) is 14.3. The smallest absolute Gasteiger partial charge is 0.333 e. The number of anilines is 1. The average molecular weight is 252 g/mol. The molecule has 0 amide bonds. The van der Waals surface area contributed by atoms with Gasteiger partial charge in [0.25, 0.3) is 0 Å². The van der Waals surface area contributed by atoms with Crippen LogP contribution in [0.15, 0.2) is 18.2 Å². The molecule has 5 heteroatoms. The van der Waals surface area contributed by atoms with Crippen LogP contribution in [0.2, 0.25) is 0 Å². The lowest BCUT2D eigenvalue weighted by atomic mass is 9.88. The zero-order chi connectivity index (χ0) is 13.9. The van der Waals surface area contributed by atoms with Gasteiger partial charge in [-0.1, -0.05) is 26.8 Å². The molecular formula is C13H20N2O3. The van der Waals surface area contributed by atoms with Gasteiger partial charge in [-0.25, -0.2) is 0 Å². The number of nitro benzene ring substituents is 1. The molecule has 5 nitrogen and oxygen atoms in total. The summed E-state index contributed by atoms with van der Waals surface area (Å²) in [5.41, 5.74) is 0.481. The summed E-state index contributed by atoms with van der Waals surface area (Å²) in [6.45, 7) is 8.24. The highest BCUT2D eigenvalue weighted by Gasteiger charge is 2.25. The zero-order valence-electron chi connectivity index (χ0n) is 11.5. The number of nitrogens with one attached hydrogen (secondary N) is 1. The van der Waals surface area contributed by atoms with E-state index in [0.29, 0.717) is 5.69 Å². The number of nitrogens with zero attached hydrogens (tertiary/aromatic N) is 1. The van der Waals surface area contributed by atoms with Gasteiger partial charge in [0.15, 0.2) is 5.75 Å². The molecule has 1 N–H and O–H groups in total. The number of para-hydroxylation sites is 1. The molecule has 0 heterocycles. The minimum Gasteiger partial charge on any atom is -0.490 e. The van der Waals surface area contributed by atoms with E-state index in [9.17, 15) is 10.1 Å². The van der Waals surface area contributed by atoms with Gasteiger partial charge >= 0.3 is 5.69 Å². The highest BCUT2D eigenvalue weighted by atomic mass is 16.6. The minimum atomic E-state index is -0.420. The SMILES string of the molecule is COc1cccc(NC(C)C(C)(C)C)c1[N+](=O)[O-]. The summed E-state index contributed by atoms with van der Waals surface area (Å²) in [4.78, 5) is 10.7. The van der Waals surface area contributed by atoms with Crippen LogP contribution in [-0.4, -0.2) is 18.1 Å². The van der Waals surface area contributed by atoms with Crippen LogP contribution >= 0.6 is 0 Å². The molecule has 0 saturated heterocycles. The van der Waals surface area contributed by atoms with Crippen molar-refractivity contribution in [3.8, 4) is 5.75 Å². The van der Waals surface area contributed by atoms with E-state index in [-0.39, 0.29) is 22.9 Å². The van der Waals surface area contributed by atoms with Gasteiger partial charge in [-0.15, -0.1) is 0 Å². The number of ether oxygens (including phenoxy) is 1. The quantitative estimate of drug-likeness (QED) is 0.658. The van der Waals surface area contributed by atoms with Crippen molar-refractivity contribution in [2.45, 2.75) is 33.7 Å². The van der Waals surface area contributed by atoms with Crippen LogP contribution < -0.4 is 10.1 Å². The third-order valence-electron chi connectivity index (χ3n) is 3.07. The minimum absolute atomic E-state index is 0.0109. The van der Waals surface area contributed by atoms with Gasteiger partial charge in [-0.05, 0) is 24.5 Å². The van der Waals surface area contributed by atoms with Crippen LogP contribution in [0.3, 0.4) is 0 Å². The Balaban J connectivity index is 3.13. The first-order chi connectivity index (χ1) is 8.27. The van der Waals surface area contributed by atoms with Crippen LogP contribution in [-0.2, 0) is 0 Å². The lowest BCUT2D eigenvalue weighted by Gasteiger charge is -2.28. The van der Waals surface area contributed by atoms with Crippen molar-refractivity contribution >= 4 is 11.4 Å². The highest BCUT2D eigenvalue weighted by Crippen LogP contribution is 2.36. The molecule has 0 aliphatic heterocycles. The first-order valence-electron chi connectivity index (χ1n) is 5.85. The van der Waals surface area contributed by atoms with Crippen molar-refractivity contribution in [1.82, 2.24) is 0 Å². The molecule has 0 spiro atoms. The molecule has 0 aliphatic carbocycles. The summed E-state index contributed by atoms with van der Waals surface area (Å²) in [5.74, 6) is 0.270. The molecule has 100 valence electrons. The second-order valence-electron chi connectivity index (χ2n) is 5.35. The number of hydrogen-bond acceptors (Lipinski definition) is 4. The Morgan fingerprint density at radius 2 is 2.00 bits per heavy atom. The second-order valence-corrected chi connectivity index (χ2v) is 5.35. The molecular weight excluding hydrogens is 232 g/mol. The molecule has 1 aromatic carbocycles. The second kappa shape index (κ2) is 5.25. The van der Waals surface area contributed by atoms with E-state index in [4.69, 9.17) is 4.74 Å². The molecule has 0 aromatic heterocycles. The summed E-state index contributed by atoms with van der Waals surface area (Å²) in [6, 6.07) is 5.13. The molecule has 18 heavy (non-hydrogen) atoms. The van der Waals surface area contributed by atoms with Gasteiger partial charge in [-0.3, -0.25) is 10.1 Å². The lowest BCUT2D eigenvalue weighted by Crippen LogP contribution is -2.31. The van der Waals surface area contributed by atoms with E-state index in [1.54, 1.807) is 18.2 Å². The predicted octanol–water partition coefficient (Wildman–Crippen LogP) is 3.45. The van der Waals surface area contributed by atoms with Crippen molar-refractivity contribution in [1.29, 1.82) is 0 Å². The Morgan fingerprint density at radius 1 is 1.39 bits per heavy atom. The highest BCUT2D eigenvalue weighted by molar-refractivity contribution is 5.68. The largest absolute Gasteiger partial charge is 0.490 e. The summed E-state index contributed by atoms with van der Waals surface area (Å²) in [6.07, 6.45) is 0. The molecule has 0 bridgehead atoms. The van der Waals surface area contributed by atoms with Crippen molar-refractivity contribution in [3.63, 3.8) is 0 Å². The molecule has 0 radical (unpaired) electrons. The normalized spacial score (nSPS) is 12.9. The summed E-state index contributed by atoms with van der Waals surface area (Å²) >= 11 is 0. The van der Waals surface area contributed by atoms with E-state index in [2.05, 4.69) is 26.1 Å². The zero-order valence-corrected chi connectivity index (χ0v) is 11.5. The Bertz CT molecular complexity index is 438. The number of nitro groups is 1. The average Bonchev–Trinajstić information content (AvgIpc) is 2.26. The Kier molecular flexibility index (Phi) is 4.16. The van der Waals surface area contributed by atoms with Gasteiger partial charge in [0.2, 0.25) is 0 Å². The third-order valence-corrected chi connectivity index (χ3v) is 3.07. The van der Waals surface area contributed by atoms with Gasteiger partial charge < -0.3 is 10.1 Å². The Hall–Kier alpha value is -1.78. The molecule has 0 fully saturated rings. The van der Waals surface area contributed by atoms with Crippen molar-refractivity contribution < 1.29 is 9.66 Å². The van der Waals surface area contributed by atoms with Crippen LogP contribution in [0.4, 0.5) is 11.4 Å². The Morgan fingerprint density at radius 3 is 2.44 bits per heavy atom. The number of hydrogen-bond donors (Lipinski definition) is 1. The Labute approximate surface area is 107 Å². The van der Waals surface area contributed by atoms with Gasteiger partial charge in [0, 0.05) is 6.04 Å². The predicted molar refractivity (Wildman–Crippen MR) is 72.2 cm³/mol. The van der Waals surface area contributed by atoms with Gasteiger partial charge in [0.1, 0.15) is 5.69 Å². The fraction of sp³-hybridized carbons (Fsp3) is 0.538. The molecule has 1 rings (SSSR count). The van der Waals surface area contributed by atoms with Crippen molar-refractivity contribution in [3.05, 3.63) is 28.3 Å². The number of rotatable bonds is 4. The summed E-state index contributed by atoms with van der Waals surface area (Å²) in [7, 11) is 1.43. The third kappa shape index (κ3) is 3.12. The van der Waals surface area contributed by atoms with E-state index in [1.807, 2.05) is 6.92 Å². The molecule has 0 aliphatic rings. The fourth-order valence-corrected chi connectivity index (χ4v) is 1.44. The van der Waals surface area contributed by atoms with Crippen LogP contribution in [0.5, 0.6) is 5.75 Å². The van der Waals surface area contributed by atoms with Crippen LogP contribution in [0.25, 0.3) is 0 Å². The fourth-order valence-electron chi connectivity index (χ4n) is 1.44.